The van der Waals surface area contributed by atoms with Gasteiger partial charge in [-0.25, -0.2) is 9.69 Å². The van der Waals surface area contributed by atoms with Gasteiger partial charge in [0.15, 0.2) is 0 Å². The zero-order valence-electron chi connectivity index (χ0n) is 22.6. The van der Waals surface area contributed by atoms with Crippen LogP contribution in [0.4, 0.5) is 10.5 Å². The molecule has 4 heterocycles. The first-order valence-corrected chi connectivity index (χ1v) is 13.9. The number of methoxy groups -OCH3 is 1. The fraction of sp³-hybridized carbons (Fsp3) is 0.281. The molecule has 4 amide bonds. The summed E-state index contributed by atoms with van der Waals surface area (Å²) in [4.78, 5) is 47.1. The fourth-order valence-electron chi connectivity index (χ4n) is 6.35. The van der Waals surface area contributed by atoms with Crippen molar-refractivity contribution in [3.8, 4) is 5.75 Å². The summed E-state index contributed by atoms with van der Waals surface area (Å²) >= 11 is 0. The van der Waals surface area contributed by atoms with Crippen molar-refractivity contribution in [3.05, 3.63) is 95.2 Å². The lowest BCUT2D eigenvalue weighted by Gasteiger charge is -2.36. The first kappa shape index (κ1) is 25.3. The SMILES string of the molecule is COc1cccc([C@@H]2c3[nH]c4ccccc4c3C[C@H]3C(=O)N(c4ccc(C(=O)NC[C@H]5CCCO5)cc4)C(=O)N23)c1. The van der Waals surface area contributed by atoms with E-state index < -0.39 is 18.1 Å². The number of H-pyrrole nitrogens is 1. The molecule has 7 rings (SSSR count). The number of urea groups is 1. The summed E-state index contributed by atoms with van der Waals surface area (Å²) in [6.07, 6.45) is 2.39. The molecular formula is C32H30N4O5. The molecule has 0 spiro atoms. The van der Waals surface area contributed by atoms with Crippen LogP contribution < -0.4 is 15.0 Å². The Balaban J connectivity index is 1.22. The Bertz CT molecular complexity index is 1660. The average Bonchev–Trinajstić information content (AvgIpc) is 3.72. The van der Waals surface area contributed by atoms with Gasteiger partial charge in [-0.2, -0.15) is 0 Å². The summed E-state index contributed by atoms with van der Waals surface area (Å²) in [5.41, 5.74) is 4.65. The van der Waals surface area contributed by atoms with Gasteiger partial charge in [-0.3, -0.25) is 14.5 Å². The Hall–Kier alpha value is -4.63. The smallest absolute Gasteiger partial charge is 0.332 e. The third-order valence-electron chi connectivity index (χ3n) is 8.36. The van der Waals surface area contributed by atoms with E-state index in [4.69, 9.17) is 9.47 Å². The summed E-state index contributed by atoms with van der Waals surface area (Å²) in [7, 11) is 1.61. The predicted octanol–water partition coefficient (Wildman–Crippen LogP) is 4.57. The number of ether oxygens (including phenoxy) is 2. The number of nitrogens with zero attached hydrogens (tertiary/aromatic N) is 2. The number of hydrogen-bond acceptors (Lipinski definition) is 5. The molecule has 0 radical (unpaired) electrons. The molecule has 2 fully saturated rings. The Morgan fingerprint density at radius 3 is 2.68 bits per heavy atom. The highest BCUT2D eigenvalue weighted by Crippen LogP contribution is 2.45. The number of carbonyl (C=O) groups is 3. The highest BCUT2D eigenvalue weighted by molar-refractivity contribution is 6.22. The second kappa shape index (κ2) is 10.1. The van der Waals surface area contributed by atoms with Crippen LogP contribution in [0.15, 0.2) is 72.8 Å². The zero-order chi connectivity index (χ0) is 28.1. The van der Waals surface area contributed by atoms with E-state index in [1.807, 2.05) is 48.5 Å². The number of nitrogens with one attached hydrogen (secondary N) is 2. The molecule has 0 saturated carbocycles. The zero-order valence-corrected chi connectivity index (χ0v) is 22.6. The molecule has 0 aliphatic carbocycles. The van der Waals surface area contributed by atoms with E-state index in [1.54, 1.807) is 36.3 Å². The molecule has 2 N–H and O–H groups in total. The van der Waals surface area contributed by atoms with E-state index in [0.29, 0.717) is 30.0 Å². The Labute approximate surface area is 237 Å². The molecule has 3 aliphatic heterocycles. The topological polar surface area (TPSA) is 104 Å². The lowest BCUT2D eigenvalue weighted by atomic mass is 9.89. The number of benzene rings is 3. The van der Waals surface area contributed by atoms with Crippen LogP contribution in [0, 0.1) is 0 Å². The van der Waals surface area contributed by atoms with Gasteiger partial charge >= 0.3 is 6.03 Å². The lowest BCUT2D eigenvalue weighted by Crippen LogP contribution is -2.44. The van der Waals surface area contributed by atoms with Crippen molar-refractivity contribution >= 4 is 34.4 Å². The number of rotatable bonds is 6. The van der Waals surface area contributed by atoms with Crippen molar-refractivity contribution in [3.63, 3.8) is 0 Å². The van der Waals surface area contributed by atoms with E-state index in [1.165, 1.54) is 4.90 Å². The van der Waals surface area contributed by atoms with Gasteiger partial charge in [-0.1, -0.05) is 30.3 Å². The molecule has 2 saturated heterocycles. The number of amides is 4. The second-order valence-electron chi connectivity index (χ2n) is 10.7. The quantitative estimate of drug-likeness (QED) is 0.343. The van der Waals surface area contributed by atoms with Gasteiger partial charge in [0.05, 0.1) is 18.9 Å². The number of aromatic amines is 1. The number of para-hydroxylation sites is 1. The molecule has 3 atom stereocenters. The molecule has 3 aromatic carbocycles. The fourth-order valence-corrected chi connectivity index (χ4v) is 6.35. The van der Waals surface area contributed by atoms with Crippen molar-refractivity contribution in [2.75, 3.05) is 25.2 Å². The number of imide groups is 1. The van der Waals surface area contributed by atoms with Crippen molar-refractivity contribution in [2.45, 2.75) is 37.5 Å². The van der Waals surface area contributed by atoms with Crippen LogP contribution in [0.25, 0.3) is 10.9 Å². The number of fused-ring (bicyclic) bond motifs is 4. The summed E-state index contributed by atoms with van der Waals surface area (Å²) in [6.45, 7) is 1.19. The second-order valence-corrected chi connectivity index (χ2v) is 10.7. The molecule has 208 valence electrons. The molecule has 1 aromatic heterocycles. The number of anilines is 1. The van der Waals surface area contributed by atoms with Crippen LogP contribution in [0.5, 0.6) is 5.75 Å². The van der Waals surface area contributed by atoms with Gasteiger partial charge in [-0.15, -0.1) is 0 Å². The van der Waals surface area contributed by atoms with Crippen molar-refractivity contribution in [1.82, 2.24) is 15.2 Å². The van der Waals surface area contributed by atoms with Crippen molar-refractivity contribution in [2.24, 2.45) is 0 Å². The summed E-state index contributed by atoms with van der Waals surface area (Å²) in [5, 5.41) is 3.96. The molecule has 3 aliphatic rings. The minimum absolute atomic E-state index is 0.0460. The highest BCUT2D eigenvalue weighted by atomic mass is 16.5. The molecule has 41 heavy (non-hydrogen) atoms. The average molecular weight is 551 g/mol. The number of hydrogen-bond donors (Lipinski definition) is 2. The van der Waals surface area contributed by atoms with Gasteiger partial charge in [0.2, 0.25) is 0 Å². The van der Waals surface area contributed by atoms with E-state index >= 15 is 0 Å². The molecule has 4 aromatic rings. The normalized spacial score (nSPS) is 21.7. The summed E-state index contributed by atoms with van der Waals surface area (Å²) in [5.74, 6) is 0.173. The van der Waals surface area contributed by atoms with Crippen molar-refractivity contribution < 1.29 is 23.9 Å². The van der Waals surface area contributed by atoms with Gasteiger partial charge in [0, 0.05) is 41.7 Å². The van der Waals surface area contributed by atoms with E-state index in [-0.39, 0.29) is 17.9 Å². The molecule has 9 nitrogen and oxygen atoms in total. The van der Waals surface area contributed by atoms with Crippen LogP contribution in [-0.4, -0.2) is 60.1 Å². The van der Waals surface area contributed by atoms with Crippen LogP contribution in [0.1, 0.15) is 46.1 Å². The number of carbonyl (C=O) groups excluding carboxylic acids is 3. The first-order valence-electron chi connectivity index (χ1n) is 13.9. The van der Waals surface area contributed by atoms with Crippen molar-refractivity contribution in [1.29, 1.82) is 0 Å². The third kappa shape index (κ3) is 4.24. The maximum Gasteiger partial charge on any atom is 0.332 e. The maximum absolute atomic E-state index is 14.1. The molecule has 9 heteroatoms. The molecule has 0 bridgehead atoms. The maximum atomic E-state index is 14.1. The Morgan fingerprint density at radius 1 is 1.07 bits per heavy atom. The lowest BCUT2D eigenvalue weighted by molar-refractivity contribution is -0.120. The summed E-state index contributed by atoms with van der Waals surface area (Å²) < 4.78 is 11.1. The monoisotopic (exact) mass is 550 g/mol. The molecule has 0 unspecified atom stereocenters. The van der Waals surface area contributed by atoms with Gasteiger partial charge in [0.1, 0.15) is 17.8 Å². The standard InChI is InChI=1S/C32H30N4O5/c1-40-22-7-4-6-20(16-22)29-28-25(24-9-2-3-10-26(24)34-28)17-27-31(38)35(32(39)36(27)29)21-13-11-19(12-14-21)30(37)33-18-23-8-5-15-41-23/h2-4,6-7,9-14,16,23,27,29,34H,5,8,15,17-18H2,1H3,(H,33,37)/t23-,27+,29-/m1/s1. The predicted molar refractivity (Wildman–Crippen MR) is 153 cm³/mol. The Morgan fingerprint density at radius 2 is 1.90 bits per heavy atom. The van der Waals surface area contributed by atoms with Crippen LogP contribution in [0.3, 0.4) is 0 Å². The minimum atomic E-state index is -0.667. The summed E-state index contributed by atoms with van der Waals surface area (Å²) in [6, 6.07) is 20.7. The number of aromatic nitrogens is 1. The Kier molecular flexibility index (Phi) is 6.23. The van der Waals surface area contributed by atoms with Crippen LogP contribution in [-0.2, 0) is 16.0 Å². The van der Waals surface area contributed by atoms with Crippen LogP contribution >= 0.6 is 0 Å². The highest BCUT2D eigenvalue weighted by Gasteiger charge is 2.53. The van der Waals surface area contributed by atoms with E-state index in [9.17, 15) is 14.4 Å². The first-order chi connectivity index (χ1) is 20.0. The van der Waals surface area contributed by atoms with E-state index in [0.717, 1.165) is 47.2 Å². The third-order valence-corrected chi connectivity index (χ3v) is 8.36. The van der Waals surface area contributed by atoms with Crippen LogP contribution in [0.2, 0.25) is 0 Å². The van der Waals surface area contributed by atoms with E-state index in [2.05, 4.69) is 10.3 Å². The van der Waals surface area contributed by atoms with Gasteiger partial charge in [-0.05, 0) is 66.4 Å². The minimum Gasteiger partial charge on any atom is -0.497 e. The van der Waals surface area contributed by atoms with Gasteiger partial charge in [0.25, 0.3) is 11.8 Å². The van der Waals surface area contributed by atoms with Gasteiger partial charge < -0.3 is 19.8 Å². The largest absolute Gasteiger partial charge is 0.497 e. The molecular weight excluding hydrogens is 520 g/mol.